The van der Waals surface area contributed by atoms with Gasteiger partial charge in [0, 0.05) is 6.61 Å². The molecule has 14 heavy (non-hydrogen) atoms. The standard InChI is InChI=1S/C9H17NO3S/c10-14(11,12)7-8-2-5-13-9(6-8)3-1-4-9/h8H,1-7H2,(H2,10,11,12). The van der Waals surface area contributed by atoms with Crippen molar-refractivity contribution in [1.29, 1.82) is 0 Å². The van der Waals surface area contributed by atoms with Crippen LogP contribution in [-0.2, 0) is 14.8 Å². The van der Waals surface area contributed by atoms with Crippen molar-refractivity contribution >= 4 is 10.0 Å². The Hall–Kier alpha value is -0.130. The summed E-state index contributed by atoms with van der Waals surface area (Å²) in [7, 11) is -3.31. The predicted octanol–water partition coefficient (Wildman–Crippen LogP) is 0.624. The summed E-state index contributed by atoms with van der Waals surface area (Å²) in [5.74, 6) is 0.331. The maximum atomic E-state index is 11.0. The fourth-order valence-corrected chi connectivity index (χ4v) is 3.46. The molecule has 1 atom stereocenters. The second kappa shape index (κ2) is 3.47. The van der Waals surface area contributed by atoms with E-state index in [4.69, 9.17) is 9.88 Å². The molecule has 2 N–H and O–H groups in total. The third-order valence-corrected chi connectivity index (χ3v) is 4.26. The second-order valence-electron chi connectivity index (χ2n) is 4.57. The average Bonchev–Trinajstić information content (AvgIpc) is 1.99. The Balaban J connectivity index is 1.94. The van der Waals surface area contributed by atoms with Crippen LogP contribution in [0, 0.1) is 5.92 Å². The molecule has 5 heteroatoms. The van der Waals surface area contributed by atoms with Gasteiger partial charge in [0.05, 0.1) is 11.4 Å². The Morgan fingerprint density at radius 1 is 1.43 bits per heavy atom. The van der Waals surface area contributed by atoms with Crippen LogP contribution < -0.4 is 5.14 Å². The molecule has 1 unspecified atom stereocenters. The molecule has 0 bridgehead atoms. The van der Waals surface area contributed by atoms with Crippen molar-refractivity contribution in [3.63, 3.8) is 0 Å². The van der Waals surface area contributed by atoms with Crippen molar-refractivity contribution in [2.45, 2.75) is 37.7 Å². The van der Waals surface area contributed by atoms with E-state index in [2.05, 4.69) is 0 Å². The summed E-state index contributed by atoms with van der Waals surface area (Å²) in [6.07, 6.45) is 5.10. The molecule has 0 amide bonds. The van der Waals surface area contributed by atoms with E-state index in [9.17, 15) is 8.42 Å². The highest BCUT2D eigenvalue weighted by molar-refractivity contribution is 7.89. The smallest absolute Gasteiger partial charge is 0.209 e. The van der Waals surface area contributed by atoms with E-state index in [1.807, 2.05) is 0 Å². The predicted molar refractivity (Wildman–Crippen MR) is 53.2 cm³/mol. The van der Waals surface area contributed by atoms with Crippen molar-refractivity contribution in [2.75, 3.05) is 12.4 Å². The molecule has 1 saturated carbocycles. The first-order valence-corrected chi connectivity index (χ1v) is 6.85. The largest absolute Gasteiger partial charge is 0.375 e. The lowest BCUT2D eigenvalue weighted by Gasteiger charge is -2.47. The second-order valence-corrected chi connectivity index (χ2v) is 6.23. The molecule has 82 valence electrons. The molecule has 2 aliphatic rings. The van der Waals surface area contributed by atoms with Crippen molar-refractivity contribution in [1.82, 2.24) is 0 Å². The highest BCUT2D eigenvalue weighted by Gasteiger charge is 2.43. The van der Waals surface area contributed by atoms with Gasteiger partial charge in [-0.15, -0.1) is 0 Å². The lowest BCUT2D eigenvalue weighted by atomic mass is 9.72. The highest BCUT2D eigenvalue weighted by Crippen LogP contribution is 2.44. The van der Waals surface area contributed by atoms with Crippen LogP contribution >= 0.6 is 0 Å². The summed E-state index contributed by atoms with van der Waals surface area (Å²) >= 11 is 0. The summed E-state index contributed by atoms with van der Waals surface area (Å²) in [5.41, 5.74) is 0.0214. The fourth-order valence-electron chi connectivity index (χ4n) is 2.52. The van der Waals surface area contributed by atoms with Crippen LogP contribution in [0.3, 0.4) is 0 Å². The molecule has 2 fully saturated rings. The topological polar surface area (TPSA) is 69.4 Å². The van der Waals surface area contributed by atoms with Gasteiger partial charge in [-0.25, -0.2) is 13.6 Å². The maximum Gasteiger partial charge on any atom is 0.209 e. The van der Waals surface area contributed by atoms with Crippen LogP contribution in [0.15, 0.2) is 0 Å². The molecule has 0 aromatic rings. The summed E-state index contributed by atoms with van der Waals surface area (Å²) in [6, 6.07) is 0. The number of hydrogen-bond acceptors (Lipinski definition) is 3. The van der Waals surface area contributed by atoms with Gasteiger partial charge in [-0.3, -0.25) is 0 Å². The fraction of sp³-hybridized carbons (Fsp3) is 1.00. The first-order chi connectivity index (χ1) is 6.49. The zero-order valence-electron chi connectivity index (χ0n) is 8.24. The van der Waals surface area contributed by atoms with Gasteiger partial charge in [0.2, 0.25) is 10.0 Å². The van der Waals surface area contributed by atoms with Crippen LogP contribution in [0.2, 0.25) is 0 Å². The third kappa shape index (κ3) is 2.27. The zero-order chi connectivity index (χ0) is 10.2. The number of nitrogens with two attached hydrogens (primary N) is 1. The quantitative estimate of drug-likeness (QED) is 0.740. The lowest BCUT2D eigenvalue weighted by Crippen LogP contribution is -2.47. The van der Waals surface area contributed by atoms with Crippen LogP contribution in [-0.4, -0.2) is 26.4 Å². The Morgan fingerprint density at radius 3 is 2.64 bits per heavy atom. The van der Waals surface area contributed by atoms with Crippen molar-refractivity contribution in [3.05, 3.63) is 0 Å². The van der Waals surface area contributed by atoms with E-state index >= 15 is 0 Å². The molecular weight excluding hydrogens is 202 g/mol. The van der Waals surface area contributed by atoms with E-state index in [0.29, 0.717) is 6.61 Å². The summed E-state index contributed by atoms with van der Waals surface area (Å²) in [6.45, 7) is 0.695. The first-order valence-electron chi connectivity index (χ1n) is 5.14. The first kappa shape index (κ1) is 10.4. The Kier molecular flexibility index (Phi) is 2.57. The van der Waals surface area contributed by atoms with Gasteiger partial charge in [0.15, 0.2) is 0 Å². The number of rotatable bonds is 2. The number of hydrogen-bond donors (Lipinski definition) is 1. The molecule has 1 saturated heterocycles. The van der Waals surface area contributed by atoms with Crippen LogP contribution in [0.4, 0.5) is 0 Å². The van der Waals surface area contributed by atoms with Gasteiger partial charge in [-0.05, 0) is 38.0 Å². The maximum absolute atomic E-state index is 11.0. The minimum atomic E-state index is -3.31. The van der Waals surface area contributed by atoms with Crippen LogP contribution in [0.5, 0.6) is 0 Å². The van der Waals surface area contributed by atoms with Gasteiger partial charge < -0.3 is 4.74 Å². The highest BCUT2D eigenvalue weighted by atomic mass is 32.2. The average molecular weight is 219 g/mol. The normalized spacial score (nSPS) is 31.4. The van der Waals surface area contributed by atoms with E-state index in [-0.39, 0.29) is 17.3 Å². The van der Waals surface area contributed by atoms with Crippen molar-refractivity contribution < 1.29 is 13.2 Å². The Morgan fingerprint density at radius 2 is 2.14 bits per heavy atom. The van der Waals surface area contributed by atoms with Crippen LogP contribution in [0.1, 0.15) is 32.1 Å². The molecule has 1 spiro atoms. The van der Waals surface area contributed by atoms with Gasteiger partial charge >= 0.3 is 0 Å². The van der Waals surface area contributed by atoms with Gasteiger partial charge in [-0.1, -0.05) is 0 Å². The molecular formula is C9H17NO3S. The van der Waals surface area contributed by atoms with Crippen LogP contribution in [0.25, 0.3) is 0 Å². The van der Waals surface area contributed by atoms with Crippen molar-refractivity contribution in [2.24, 2.45) is 11.1 Å². The number of primary sulfonamides is 1. The summed E-state index contributed by atoms with van der Waals surface area (Å²) in [4.78, 5) is 0. The SMILES string of the molecule is NS(=O)(=O)CC1CCOC2(CCC2)C1. The van der Waals surface area contributed by atoms with Gasteiger partial charge in [-0.2, -0.15) is 0 Å². The Labute approximate surface area is 84.9 Å². The summed E-state index contributed by atoms with van der Waals surface area (Å²) < 4.78 is 27.6. The molecule has 0 radical (unpaired) electrons. The van der Waals surface area contributed by atoms with Gasteiger partial charge in [0.25, 0.3) is 0 Å². The number of sulfonamides is 1. The summed E-state index contributed by atoms with van der Waals surface area (Å²) in [5, 5.41) is 5.05. The number of ether oxygens (including phenoxy) is 1. The van der Waals surface area contributed by atoms with E-state index in [1.165, 1.54) is 6.42 Å². The van der Waals surface area contributed by atoms with E-state index in [1.54, 1.807) is 0 Å². The molecule has 0 aromatic heterocycles. The Bertz CT molecular complexity index is 308. The third-order valence-electron chi connectivity index (χ3n) is 3.33. The minimum Gasteiger partial charge on any atom is -0.375 e. The molecule has 1 aliphatic heterocycles. The van der Waals surface area contributed by atoms with Gasteiger partial charge in [0.1, 0.15) is 0 Å². The molecule has 2 rings (SSSR count). The van der Waals surface area contributed by atoms with E-state index < -0.39 is 10.0 Å². The molecule has 0 aromatic carbocycles. The molecule has 4 nitrogen and oxygen atoms in total. The minimum absolute atomic E-state index is 0.0214. The lowest BCUT2D eigenvalue weighted by molar-refractivity contribution is -0.140. The van der Waals surface area contributed by atoms with Crippen molar-refractivity contribution in [3.8, 4) is 0 Å². The molecule has 1 heterocycles. The zero-order valence-corrected chi connectivity index (χ0v) is 9.05. The van der Waals surface area contributed by atoms with E-state index in [0.717, 1.165) is 25.7 Å². The monoisotopic (exact) mass is 219 g/mol. The molecule has 1 aliphatic carbocycles.